The monoisotopic (exact) mass is 278 g/mol. The Hall–Kier alpha value is -2.55. The Bertz CT molecular complexity index is 691. The van der Waals surface area contributed by atoms with Crippen LogP contribution in [0.4, 0.5) is 10.5 Å². The van der Waals surface area contributed by atoms with Crippen molar-refractivity contribution in [2.24, 2.45) is 0 Å². The molecule has 0 atom stereocenters. The van der Waals surface area contributed by atoms with E-state index in [1.165, 1.54) is 11.1 Å². The topological polar surface area (TPSA) is 32.3 Å². The summed E-state index contributed by atoms with van der Waals surface area (Å²) in [5.74, 6) is 0. The molecule has 21 heavy (non-hydrogen) atoms. The van der Waals surface area contributed by atoms with Crippen molar-refractivity contribution in [3.8, 4) is 0 Å². The molecule has 2 aromatic rings. The molecule has 3 rings (SSSR count). The zero-order valence-electron chi connectivity index (χ0n) is 12.0. The molecule has 106 valence electrons. The fourth-order valence-electron chi connectivity index (χ4n) is 2.60. The SMILES string of the molecule is Cc1ccccc1/C=C/NC(=O)N1CCc2ccccc21. The molecule has 1 N–H and O–H groups in total. The summed E-state index contributed by atoms with van der Waals surface area (Å²) in [5.41, 5.74) is 4.55. The van der Waals surface area contributed by atoms with E-state index in [1.54, 1.807) is 11.1 Å². The normalized spacial score (nSPS) is 13.5. The van der Waals surface area contributed by atoms with Gasteiger partial charge in [-0.25, -0.2) is 4.79 Å². The van der Waals surface area contributed by atoms with Crippen LogP contribution in [0.15, 0.2) is 54.7 Å². The van der Waals surface area contributed by atoms with E-state index in [1.807, 2.05) is 42.5 Å². The minimum Gasteiger partial charge on any atom is -0.314 e. The van der Waals surface area contributed by atoms with E-state index in [9.17, 15) is 4.79 Å². The van der Waals surface area contributed by atoms with Crippen LogP contribution in [0, 0.1) is 6.92 Å². The summed E-state index contributed by atoms with van der Waals surface area (Å²) < 4.78 is 0. The number of benzene rings is 2. The van der Waals surface area contributed by atoms with E-state index in [2.05, 4.69) is 24.4 Å². The number of para-hydroxylation sites is 1. The first-order chi connectivity index (χ1) is 10.3. The third kappa shape index (κ3) is 2.82. The predicted octanol–water partition coefficient (Wildman–Crippen LogP) is 3.74. The number of nitrogens with zero attached hydrogens (tertiary/aromatic N) is 1. The first-order valence-corrected chi connectivity index (χ1v) is 7.14. The Kier molecular flexibility index (Phi) is 3.73. The zero-order valence-corrected chi connectivity index (χ0v) is 12.0. The van der Waals surface area contributed by atoms with Gasteiger partial charge in [-0.1, -0.05) is 42.5 Å². The second-order valence-electron chi connectivity index (χ2n) is 5.17. The third-order valence-electron chi connectivity index (χ3n) is 3.79. The number of nitrogens with one attached hydrogen (secondary N) is 1. The van der Waals surface area contributed by atoms with Crippen molar-refractivity contribution in [3.63, 3.8) is 0 Å². The summed E-state index contributed by atoms with van der Waals surface area (Å²) in [4.78, 5) is 14.0. The van der Waals surface area contributed by atoms with Gasteiger partial charge in [-0.3, -0.25) is 4.90 Å². The largest absolute Gasteiger partial charge is 0.325 e. The maximum Gasteiger partial charge on any atom is 0.325 e. The minimum atomic E-state index is -0.0789. The number of anilines is 1. The fraction of sp³-hybridized carbons (Fsp3) is 0.167. The summed E-state index contributed by atoms with van der Waals surface area (Å²) in [7, 11) is 0. The summed E-state index contributed by atoms with van der Waals surface area (Å²) in [6.07, 6.45) is 4.56. The second-order valence-corrected chi connectivity index (χ2v) is 5.17. The molecule has 1 aliphatic rings. The number of hydrogen-bond acceptors (Lipinski definition) is 1. The third-order valence-corrected chi connectivity index (χ3v) is 3.79. The van der Waals surface area contributed by atoms with Gasteiger partial charge < -0.3 is 5.32 Å². The van der Waals surface area contributed by atoms with Crippen LogP contribution >= 0.6 is 0 Å². The van der Waals surface area contributed by atoms with Gasteiger partial charge in [0.25, 0.3) is 0 Å². The Labute approximate surface area is 124 Å². The van der Waals surface area contributed by atoms with Crippen molar-refractivity contribution in [2.45, 2.75) is 13.3 Å². The molecule has 0 unspecified atom stereocenters. The van der Waals surface area contributed by atoms with Crippen LogP contribution in [0.2, 0.25) is 0 Å². The van der Waals surface area contributed by atoms with Gasteiger partial charge in [0.1, 0.15) is 0 Å². The molecule has 1 aliphatic heterocycles. The van der Waals surface area contributed by atoms with Gasteiger partial charge in [0.15, 0.2) is 0 Å². The van der Waals surface area contributed by atoms with Gasteiger partial charge in [-0.2, -0.15) is 0 Å². The Balaban J connectivity index is 1.67. The van der Waals surface area contributed by atoms with Gasteiger partial charge in [-0.15, -0.1) is 0 Å². The van der Waals surface area contributed by atoms with E-state index < -0.39 is 0 Å². The standard InChI is InChI=1S/C18H18N2O/c1-14-6-2-3-7-15(14)10-12-19-18(21)20-13-11-16-8-4-5-9-17(16)20/h2-10,12H,11,13H2,1H3,(H,19,21)/b12-10+. The van der Waals surface area contributed by atoms with Gasteiger partial charge in [0.05, 0.1) is 0 Å². The van der Waals surface area contributed by atoms with E-state index >= 15 is 0 Å². The number of aryl methyl sites for hydroxylation is 1. The average Bonchev–Trinajstić information content (AvgIpc) is 2.93. The smallest absolute Gasteiger partial charge is 0.314 e. The summed E-state index contributed by atoms with van der Waals surface area (Å²) >= 11 is 0. The first kappa shape index (κ1) is 13.4. The lowest BCUT2D eigenvalue weighted by Crippen LogP contribution is -2.36. The molecular formula is C18H18N2O. The molecular weight excluding hydrogens is 260 g/mol. The Morgan fingerprint density at radius 2 is 1.90 bits per heavy atom. The van der Waals surface area contributed by atoms with Gasteiger partial charge in [0, 0.05) is 18.4 Å². The minimum absolute atomic E-state index is 0.0789. The van der Waals surface area contributed by atoms with Crippen molar-refractivity contribution < 1.29 is 4.79 Å². The van der Waals surface area contributed by atoms with Gasteiger partial charge in [-0.05, 0) is 42.2 Å². The van der Waals surface area contributed by atoms with Crippen molar-refractivity contribution in [1.82, 2.24) is 5.32 Å². The lowest BCUT2D eigenvalue weighted by molar-refractivity contribution is 0.250. The molecule has 3 heteroatoms. The number of carbonyl (C=O) groups excluding carboxylic acids is 1. The first-order valence-electron chi connectivity index (χ1n) is 7.14. The molecule has 0 saturated heterocycles. The number of fused-ring (bicyclic) bond motifs is 1. The molecule has 0 saturated carbocycles. The highest BCUT2D eigenvalue weighted by molar-refractivity contribution is 5.95. The molecule has 3 nitrogen and oxygen atoms in total. The van der Waals surface area contributed by atoms with Crippen LogP contribution in [0.25, 0.3) is 6.08 Å². The molecule has 2 aromatic carbocycles. The second kappa shape index (κ2) is 5.83. The quantitative estimate of drug-likeness (QED) is 0.891. The maximum atomic E-state index is 12.2. The molecule has 0 aromatic heterocycles. The van der Waals surface area contributed by atoms with Crippen molar-refractivity contribution in [1.29, 1.82) is 0 Å². The van der Waals surface area contributed by atoms with E-state index in [0.717, 1.165) is 24.2 Å². The predicted molar refractivity (Wildman–Crippen MR) is 86.2 cm³/mol. The highest BCUT2D eigenvalue weighted by Crippen LogP contribution is 2.27. The Morgan fingerprint density at radius 1 is 1.14 bits per heavy atom. The van der Waals surface area contributed by atoms with Gasteiger partial charge >= 0.3 is 6.03 Å². The Morgan fingerprint density at radius 3 is 2.76 bits per heavy atom. The van der Waals surface area contributed by atoms with E-state index in [-0.39, 0.29) is 6.03 Å². The summed E-state index contributed by atoms with van der Waals surface area (Å²) in [6.45, 7) is 2.79. The number of hydrogen-bond donors (Lipinski definition) is 1. The lowest BCUT2D eigenvalue weighted by atomic mass is 10.1. The zero-order chi connectivity index (χ0) is 14.7. The average molecular weight is 278 g/mol. The van der Waals surface area contributed by atoms with Crippen LogP contribution in [-0.2, 0) is 6.42 Å². The highest BCUT2D eigenvalue weighted by Gasteiger charge is 2.23. The number of amides is 2. The molecule has 2 amide bonds. The van der Waals surface area contributed by atoms with Gasteiger partial charge in [0.2, 0.25) is 0 Å². The van der Waals surface area contributed by atoms with Crippen molar-refractivity contribution >= 4 is 17.8 Å². The van der Waals surface area contributed by atoms with E-state index in [4.69, 9.17) is 0 Å². The summed E-state index contributed by atoms with van der Waals surface area (Å²) in [5, 5.41) is 2.85. The molecule has 0 bridgehead atoms. The van der Waals surface area contributed by atoms with Crippen LogP contribution < -0.4 is 10.2 Å². The molecule has 0 aliphatic carbocycles. The molecule has 0 radical (unpaired) electrons. The van der Waals surface area contributed by atoms with Crippen molar-refractivity contribution in [2.75, 3.05) is 11.4 Å². The highest BCUT2D eigenvalue weighted by atomic mass is 16.2. The van der Waals surface area contributed by atoms with Crippen molar-refractivity contribution in [3.05, 3.63) is 71.4 Å². The van der Waals surface area contributed by atoms with Crippen LogP contribution in [0.1, 0.15) is 16.7 Å². The number of carbonyl (C=O) groups is 1. The molecule has 0 spiro atoms. The number of rotatable bonds is 2. The fourth-order valence-corrected chi connectivity index (χ4v) is 2.60. The van der Waals surface area contributed by atoms with Crippen LogP contribution in [-0.4, -0.2) is 12.6 Å². The molecule has 0 fully saturated rings. The van der Waals surface area contributed by atoms with E-state index in [0.29, 0.717) is 0 Å². The number of urea groups is 1. The van der Waals surface area contributed by atoms with Crippen LogP contribution in [0.5, 0.6) is 0 Å². The maximum absolute atomic E-state index is 12.2. The molecule has 1 heterocycles. The van der Waals surface area contributed by atoms with Crippen LogP contribution in [0.3, 0.4) is 0 Å². The summed E-state index contributed by atoms with van der Waals surface area (Å²) in [6, 6.07) is 16.0. The lowest BCUT2D eigenvalue weighted by Gasteiger charge is -2.16.